The van der Waals surface area contributed by atoms with Gasteiger partial charge in [0.2, 0.25) is 5.91 Å². The van der Waals surface area contributed by atoms with Crippen LogP contribution in [-0.4, -0.2) is 21.9 Å². The van der Waals surface area contributed by atoms with Gasteiger partial charge >= 0.3 is 0 Å². The molecule has 0 radical (unpaired) electrons. The fourth-order valence-electron chi connectivity index (χ4n) is 1.93. The third-order valence-electron chi connectivity index (χ3n) is 3.03. The Bertz CT molecular complexity index is 569. The van der Waals surface area contributed by atoms with Gasteiger partial charge < -0.3 is 5.32 Å². The van der Waals surface area contributed by atoms with E-state index in [9.17, 15) is 4.79 Å². The monoisotopic (exact) mass is 320 g/mol. The zero-order valence-electron chi connectivity index (χ0n) is 12.3. The van der Waals surface area contributed by atoms with Crippen LogP contribution in [-0.2, 0) is 17.8 Å². The number of nitrogens with one attached hydrogen (secondary N) is 1. The minimum Gasteiger partial charge on any atom is -0.349 e. The second kappa shape index (κ2) is 8.20. The largest absolute Gasteiger partial charge is 0.349 e. The molecule has 1 aromatic carbocycles. The molecule has 0 bridgehead atoms. The Morgan fingerprint density at radius 2 is 2.14 bits per heavy atom. The van der Waals surface area contributed by atoms with Gasteiger partial charge in [0.05, 0.1) is 22.5 Å². The van der Waals surface area contributed by atoms with Gasteiger partial charge in [-0.15, -0.1) is 23.1 Å². The number of benzene rings is 1. The minimum atomic E-state index is -0.00238. The third kappa shape index (κ3) is 5.17. The van der Waals surface area contributed by atoms with Crippen molar-refractivity contribution in [3.05, 3.63) is 52.0 Å². The Morgan fingerprint density at radius 1 is 1.38 bits per heavy atom. The van der Waals surface area contributed by atoms with Crippen LogP contribution in [0.5, 0.6) is 0 Å². The number of amides is 1. The first-order valence-corrected chi connectivity index (χ1v) is 8.98. The van der Waals surface area contributed by atoms with Gasteiger partial charge in [-0.25, -0.2) is 4.98 Å². The summed E-state index contributed by atoms with van der Waals surface area (Å²) in [5.41, 5.74) is 2.20. The lowest BCUT2D eigenvalue weighted by molar-refractivity contribution is -0.120. The van der Waals surface area contributed by atoms with Gasteiger partial charge in [-0.3, -0.25) is 4.79 Å². The van der Waals surface area contributed by atoms with E-state index in [1.165, 1.54) is 5.56 Å². The van der Waals surface area contributed by atoms with Crippen molar-refractivity contribution in [2.24, 2.45) is 0 Å². The molecule has 1 atom stereocenters. The average Bonchev–Trinajstić information content (AvgIpc) is 2.93. The van der Waals surface area contributed by atoms with Crippen molar-refractivity contribution in [3.8, 4) is 0 Å². The van der Waals surface area contributed by atoms with Crippen LogP contribution in [0.1, 0.15) is 30.1 Å². The standard InChI is InChI=1S/C16H20N2OS2/c1-3-20-12(2)16(19)17-10-14-11-21-15(18-14)9-13-7-5-4-6-8-13/h4-8,11-12H,3,9-10H2,1-2H3,(H,17,19)/t12-/m1/s1. The smallest absolute Gasteiger partial charge is 0.233 e. The van der Waals surface area contributed by atoms with Gasteiger partial charge in [0.15, 0.2) is 0 Å². The summed E-state index contributed by atoms with van der Waals surface area (Å²) >= 11 is 3.30. The molecular weight excluding hydrogens is 300 g/mol. The molecule has 0 spiro atoms. The highest BCUT2D eigenvalue weighted by Gasteiger charge is 2.12. The first kappa shape index (κ1) is 16.0. The molecule has 0 aliphatic carbocycles. The number of thiazole rings is 1. The molecule has 0 fully saturated rings. The fraction of sp³-hybridized carbons (Fsp3) is 0.375. The van der Waals surface area contributed by atoms with Crippen molar-refractivity contribution in [2.75, 3.05) is 5.75 Å². The summed E-state index contributed by atoms with van der Waals surface area (Å²) in [4.78, 5) is 16.4. The molecule has 5 heteroatoms. The Hall–Kier alpha value is -1.33. The van der Waals surface area contributed by atoms with E-state index in [0.717, 1.165) is 22.9 Å². The number of carbonyl (C=O) groups excluding carboxylic acids is 1. The Balaban J connectivity index is 1.84. The van der Waals surface area contributed by atoms with Crippen molar-refractivity contribution in [2.45, 2.75) is 32.1 Å². The number of carbonyl (C=O) groups is 1. The van der Waals surface area contributed by atoms with Gasteiger partial charge in [0.1, 0.15) is 0 Å². The number of hydrogen-bond acceptors (Lipinski definition) is 4. The van der Waals surface area contributed by atoms with Gasteiger partial charge in [0.25, 0.3) is 0 Å². The van der Waals surface area contributed by atoms with E-state index in [0.29, 0.717) is 6.54 Å². The maximum Gasteiger partial charge on any atom is 0.233 e. The van der Waals surface area contributed by atoms with Crippen LogP contribution in [0, 0.1) is 0 Å². The maximum absolute atomic E-state index is 11.8. The van der Waals surface area contributed by atoms with Crippen LogP contribution < -0.4 is 5.32 Å². The highest BCUT2D eigenvalue weighted by Crippen LogP contribution is 2.15. The third-order valence-corrected chi connectivity index (χ3v) is 4.97. The summed E-state index contributed by atoms with van der Waals surface area (Å²) in [6.45, 7) is 4.51. The summed E-state index contributed by atoms with van der Waals surface area (Å²) in [5, 5.41) is 6.05. The lowest BCUT2D eigenvalue weighted by Gasteiger charge is -2.09. The van der Waals surface area contributed by atoms with Crippen LogP contribution in [0.25, 0.3) is 0 Å². The molecule has 0 saturated carbocycles. The van der Waals surface area contributed by atoms with Crippen LogP contribution in [0.15, 0.2) is 35.7 Å². The second-order valence-electron chi connectivity index (χ2n) is 4.71. The number of nitrogens with zero attached hydrogens (tertiary/aromatic N) is 1. The molecular formula is C16H20N2OS2. The zero-order chi connectivity index (χ0) is 15.1. The van der Waals surface area contributed by atoms with E-state index in [2.05, 4.69) is 29.4 Å². The van der Waals surface area contributed by atoms with E-state index in [1.54, 1.807) is 23.1 Å². The van der Waals surface area contributed by atoms with Crippen LogP contribution >= 0.6 is 23.1 Å². The molecule has 0 unspecified atom stereocenters. The molecule has 112 valence electrons. The molecule has 21 heavy (non-hydrogen) atoms. The predicted octanol–water partition coefficient (Wildman–Crippen LogP) is 3.49. The molecule has 1 aromatic heterocycles. The molecule has 1 heterocycles. The second-order valence-corrected chi connectivity index (χ2v) is 7.27. The predicted molar refractivity (Wildman–Crippen MR) is 90.8 cm³/mol. The molecule has 0 saturated heterocycles. The number of hydrogen-bond donors (Lipinski definition) is 1. The summed E-state index contributed by atoms with van der Waals surface area (Å²) in [5.74, 6) is 1.03. The summed E-state index contributed by atoms with van der Waals surface area (Å²) < 4.78 is 0. The minimum absolute atomic E-state index is 0.00238. The van der Waals surface area contributed by atoms with E-state index in [1.807, 2.05) is 30.5 Å². The van der Waals surface area contributed by atoms with Gasteiger partial charge in [0, 0.05) is 11.8 Å². The first-order chi connectivity index (χ1) is 10.2. The summed E-state index contributed by atoms with van der Waals surface area (Å²) in [6, 6.07) is 10.3. The molecule has 2 aromatic rings. The maximum atomic E-state index is 11.8. The summed E-state index contributed by atoms with van der Waals surface area (Å²) in [7, 11) is 0. The van der Waals surface area contributed by atoms with Crippen LogP contribution in [0.4, 0.5) is 0 Å². The highest BCUT2D eigenvalue weighted by atomic mass is 32.2. The van der Waals surface area contributed by atoms with E-state index in [-0.39, 0.29) is 11.2 Å². The van der Waals surface area contributed by atoms with Crippen molar-refractivity contribution in [1.82, 2.24) is 10.3 Å². The molecule has 2 rings (SSSR count). The molecule has 0 aliphatic heterocycles. The van der Waals surface area contributed by atoms with Crippen LogP contribution in [0.2, 0.25) is 0 Å². The van der Waals surface area contributed by atoms with Crippen molar-refractivity contribution < 1.29 is 4.79 Å². The SMILES string of the molecule is CCS[C@H](C)C(=O)NCc1csc(Cc2ccccc2)n1. The molecule has 1 amide bonds. The van der Waals surface area contributed by atoms with Crippen molar-refractivity contribution in [3.63, 3.8) is 0 Å². The highest BCUT2D eigenvalue weighted by molar-refractivity contribution is 8.00. The van der Waals surface area contributed by atoms with E-state index >= 15 is 0 Å². The van der Waals surface area contributed by atoms with Gasteiger partial charge in [-0.1, -0.05) is 37.3 Å². The average molecular weight is 320 g/mol. The quantitative estimate of drug-likeness (QED) is 0.849. The van der Waals surface area contributed by atoms with E-state index < -0.39 is 0 Å². The first-order valence-electron chi connectivity index (χ1n) is 7.05. The number of aromatic nitrogens is 1. The number of thioether (sulfide) groups is 1. The van der Waals surface area contributed by atoms with Crippen LogP contribution in [0.3, 0.4) is 0 Å². The van der Waals surface area contributed by atoms with E-state index in [4.69, 9.17) is 0 Å². The van der Waals surface area contributed by atoms with Gasteiger partial charge in [-0.2, -0.15) is 0 Å². The Labute approximate surface area is 134 Å². The zero-order valence-corrected chi connectivity index (χ0v) is 14.0. The summed E-state index contributed by atoms with van der Waals surface area (Å²) in [6.07, 6.45) is 0.849. The topological polar surface area (TPSA) is 42.0 Å². The lowest BCUT2D eigenvalue weighted by Crippen LogP contribution is -2.30. The Kier molecular flexibility index (Phi) is 6.26. The molecule has 3 nitrogen and oxygen atoms in total. The lowest BCUT2D eigenvalue weighted by atomic mass is 10.2. The van der Waals surface area contributed by atoms with Gasteiger partial charge in [-0.05, 0) is 18.2 Å². The number of rotatable bonds is 7. The van der Waals surface area contributed by atoms with Crippen molar-refractivity contribution >= 4 is 29.0 Å². The molecule has 0 aliphatic rings. The molecule has 1 N–H and O–H groups in total. The normalized spacial score (nSPS) is 12.1. The Morgan fingerprint density at radius 3 is 2.86 bits per heavy atom. The fourth-order valence-corrected chi connectivity index (χ4v) is 3.49. The van der Waals surface area contributed by atoms with Crippen molar-refractivity contribution in [1.29, 1.82) is 0 Å².